The molecule has 1 heterocycles. The minimum absolute atomic E-state index is 0.0328. The third-order valence-corrected chi connectivity index (χ3v) is 6.91. The van der Waals surface area contributed by atoms with Gasteiger partial charge in [-0.05, 0) is 57.2 Å². The third-order valence-electron chi connectivity index (χ3n) is 3.74. The van der Waals surface area contributed by atoms with Crippen LogP contribution < -0.4 is 14.8 Å². The molecule has 3 aromatic rings. The van der Waals surface area contributed by atoms with E-state index in [9.17, 15) is 13.2 Å². The number of carbonyl (C=O) groups is 1. The molecule has 2 aromatic carbocycles. The van der Waals surface area contributed by atoms with Crippen LogP contribution >= 0.6 is 22.9 Å². The first-order valence-corrected chi connectivity index (χ1v) is 11.3. The van der Waals surface area contributed by atoms with Crippen molar-refractivity contribution in [1.82, 2.24) is 9.71 Å². The standard InChI is InChI=1S/C19H20ClN3O4S2/c1-19(2,3)23-29(25,26)16-9-11(5-7-13(16)20)17(24)22-18-21-14-8-6-12(27-4)10-15(14)28-18/h5-10,23H,1-4H3,(H,21,22,24). The number of hydrogen-bond acceptors (Lipinski definition) is 6. The Morgan fingerprint density at radius 1 is 1.17 bits per heavy atom. The van der Waals surface area contributed by atoms with Gasteiger partial charge in [-0.3, -0.25) is 10.1 Å². The quantitative estimate of drug-likeness (QED) is 0.600. The van der Waals surface area contributed by atoms with Gasteiger partial charge in [0.05, 0.1) is 22.3 Å². The number of aromatic nitrogens is 1. The number of benzene rings is 2. The van der Waals surface area contributed by atoms with E-state index in [4.69, 9.17) is 16.3 Å². The molecule has 0 saturated heterocycles. The maximum atomic E-state index is 12.7. The van der Waals surface area contributed by atoms with E-state index >= 15 is 0 Å². The smallest absolute Gasteiger partial charge is 0.257 e. The highest BCUT2D eigenvalue weighted by atomic mass is 35.5. The van der Waals surface area contributed by atoms with E-state index in [0.29, 0.717) is 10.9 Å². The highest BCUT2D eigenvalue weighted by Crippen LogP contribution is 2.30. The van der Waals surface area contributed by atoms with Crippen molar-refractivity contribution >= 4 is 54.2 Å². The van der Waals surface area contributed by atoms with Crippen molar-refractivity contribution in [2.75, 3.05) is 12.4 Å². The number of nitrogens with zero attached hydrogens (tertiary/aromatic N) is 1. The molecular weight excluding hydrogens is 434 g/mol. The molecule has 0 saturated carbocycles. The van der Waals surface area contributed by atoms with Crippen molar-refractivity contribution in [3.8, 4) is 5.75 Å². The van der Waals surface area contributed by atoms with E-state index in [2.05, 4.69) is 15.0 Å². The van der Waals surface area contributed by atoms with Gasteiger partial charge < -0.3 is 4.74 Å². The van der Waals surface area contributed by atoms with Crippen LogP contribution in [0.1, 0.15) is 31.1 Å². The Balaban J connectivity index is 1.88. The highest BCUT2D eigenvalue weighted by molar-refractivity contribution is 7.89. The highest BCUT2D eigenvalue weighted by Gasteiger charge is 2.25. The fourth-order valence-electron chi connectivity index (χ4n) is 2.56. The van der Waals surface area contributed by atoms with Crippen molar-refractivity contribution < 1.29 is 17.9 Å². The van der Waals surface area contributed by atoms with Gasteiger partial charge in [-0.15, -0.1) is 0 Å². The van der Waals surface area contributed by atoms with E-state index in [1.807, 2.05) is 6.07 Å². The van der Waals surface area contributed by atoms with E-state index < -0.39 is 21.5 Å². The summed E-state index contributed by atoms with van der Waals surface area (Å²) in [6.45, 7) is 5.16. The summed E-state index contributed by atoms with van der Waals surface area (Å²) in [7, 11) is -2.32. The zero-order valence-corrected chi connectivity index (χ0v) is 18.6. The van der Waals surface area contributed by atoms with Gasteiger partial charge in [0.2, 0.25) is 10.0 Å². The minimum Gasteiger partial charge on any atom is -0.497 e. The topological polar surface area (TPSA) is 97.4 Å². The molecule has 10 heteroatoms. The van der Waals surface area contributed by atoms with Crippen molar-refractivity contribution in [3.05, 3.63) is 47.0 Å². The first-order valence-electron chi connectivity index (χ1n) is 8.58. The second-order valence-electron chi connectivity index (χ2n) is 7.31. The second kappa shape index (κ2) is 7.91. The van der Waals surface area contributed by atoms with Gasteiger partial charge in [-0.2, -0.15) is 0 Å². The number of amides is 1. The lowest BCUT2D eigenvalue weighted by molar-refractivity contribution is 0.102. The van der Waals surface area contributed by atoms with Crippen LogP contribution in [-0.4, -0.2) is 32.0 Å². The van der Waals surface area contributed by atoms with Gasteiger partial charge >= 0.3 is 0 Å². The number of anilines is 1. The van der Waals surface area contributed by atoms with Crippen LogP contribution in [0.15, 0.2) is 41.3 Å². The van der Waals surface area contributed by atoms with Gasteiger partial charge in [-0.1, -0.05) is 22.9 Å². The molecule has 0 aliphatic heterocycles. The van der Waals surface area contributed by atoms with Crippen LogP contribution in [0.4, 0.5) is 5.13 Å². The van der Waals surface area contributed by atoms with Gasteiger partial charge in [0, 0.05) is 11.1 Å². The molecule has 154 valence electrons. The van der Waals surface area contributed by atoms with E-state index in [0.717, 1.165) is 10.2 Å². The first kappa shape index (κ1) is 21.5. The normalized spacial score (nSPS) is 12.2. The lowest BCUT2D eigenvalue weighted by Gasteiger charge is -2.21. The number of fused-ring (bicyclic) bond motifs is 1. The van der Waals surface area contributed by atoms with Crippen LogP contribution in [0.3, 0.4) is 0 Å². The van der Waals surface area contributed by atoms with Crippen LogP contribution in [-0.2, 0) is 10.0 Å². The predicted octanol–water partition coefficient (Wildman–Crippen LogP) is 4.29. The fraction of sp³-hybridized carbons (Fsp3) is 0.263. The van der Waals surface area contributed by atoms with Gasteiger partial charge in [0.1, 0.15) is 10.6 Å². The third kappa shape index (κ3) is 5.05. The van der Waals surface area contributed by atoms with Gasteiger partial charge in [0.15, 0.2) is 5.13 Å². The average molecular weight is 454 g/mol. The average Bonchev–Trinajstić information content (AvgIpc) is 3.00. The van der Waals surface area contributed by atoms with Crippen molar-refractivity contribution in [3.63, 3.8) is 0 Å². The predicted molar refractivity (Wildman–Crippen MR) is 116 cm³/mol. The zero-order chi connectivity index (χ0) is 21.4. The Kier molecular flexibility index (Phi) is 5.86. The number of thiazole rings is 1. The summed E-state index contributed by atoms with van der Waals surface area (Å²) in [6, 6.07) is 9.51. The fourth-order valence-corrected chi connectivity index (χ4v) is 5.40. The van der Waals surface area contributed by atoms with Crippen molar-refractivity contribution in [1.29, 1.82) is 0 Å². The largest absolute Gasteiger partial charge is 0.497 e. The molecule has 0 bridgehead atoms. The molecule has 0 atom stereocenters. The molecule has 0 radical (unpaired) electrons. The van der Waals surface area contributed by atoms with Gasteiger partial charge in [-0.25, -0.2) is 18.1 Å². The lowest BCUT2D eigenvalue weighted by Crippen LogP contribution is -2.40. The Morgan fingerprint density at radius 2 is 1.90 bits per heavy atom. The number of hydrogen-bond donors (Lipinski definition) is 2. The maximum Gasteiger partial charge on any atom is 0.257 e. The number of nitrogens with one attached hydrogen (secondary N) is 2. The lowest BCUT2D eigenvalue weighted by atomic mass is 10.1. The molecule has 0 spiro atoms. The number of halogens is 1. The molecular formula is C19H20ClN3O4S2. The molecule has 0 fully saturated rings. The number of carbonyl (C=O) groups excluding carboxylic acids is 1. The summed E-state index contributed by atoms with van der Waals surface area (Å²) in [6.07, 6.45) is 0. The van der Waals surface area contributed by atoms with E-state index in [1.165, 1.54) is 29.5 Å². The number of ether oxygens (including phenoxy) is 1. The SMILES string of the molecule is COc1ccc2nc(NC(=O)c3ccc(Cl)c(S(=O)(=O)NC(C)(C)C)c3)sc2c1. The molecule has 3 rings (SSSR count). The first-order chi connectivity index (χ1) is 13.5. The Hall–Kier alpha value is -2.20. The van der Waals surface area contributed by atoms with Gasteiger partial charge in [0.25, 0.3) is 5.91 Å². The minimum atomic E-state index is -3.89. The summed E-state index contributed by atoms with van der Waals surface area (Å²) >= 11 is 7.37. The summed E-state index contributed by atoms with van der Waals surface area (Å²) in [5.41, 5.74) is 0.183. The molecule has 0 unspecified atom stereocenters. The molecule has 0 aliphatic rings. The number of rotatable bonds is 5. The van der Waals surface area contributed by atoms with Crippen LogP contribution in [0.5, 0.6) is 5.75 Å². The number of sulfonamides is 1. The Morgan fingerprint density at radius 3 is 2.55 bits per heavy atom. The van der Waals surface area contributed by atoms with Crippen molar-refractivity contribution in [2.45, 2.75) is 31.2 Å². The zero-order valence-electron chi connectivity index (χ0n) is 16.2. The summed E-state index contributed by atoms with van der Waals surface area (Å²) in [4.78, 5) is 16.9. The van der Waals surface area contributed by atoms with E-state index in [1.54, 1.807) is 40.0 Å². The summed E-state index contributed by atoms with van der Waals surface area (Å²) < 4.78 is 33.8. The molecule has 1 amide bonds. The summed E-state index contributed by atoms with van der Waals surface area (Å²) in [5, 5.41) is 3.13. The maximum absolute atomic E-state index is 12.7. The monoisotopic (exact) mass is 453 g/mol. The second-order valence-corrected chi connectivity index (χ2v) is 10.4. The Labute approximate surface area is 178 Å². The Bertz CT molecular complexity index is 1180. The van der Waals surface area contributed by atoms with Crippen LogP contribution in [0, 0.1) is 0 Å². The number of methoxy groups -OCH3 is 1. The van der Waals surface area contributed by atoms with Crippen LogP contribution in [0.2, 0.25) is 5.02 Å². The van der Waals surface area contributed by atoms with Crippen LogP contribution in [0.25, 0.3) is 10.2 Å². The molecule has 7 nitrogen and oxygen atoms in total. The molecule has 1 aromatic heterocycles. The van der Waals surface area contributed by atoms with E-state index in [-0.39, 0.29) is 15.5 Å². The van der Waals surface area contributed by atoms with Crippen molar-refractivity contribution in [2.24, 2.45) is 0 Å². The summed E-state index contributed by atoms with van der Waals surface area (Å²) in [5.74, 6) is 0.206. The molecule has 0 aliphatic carbocycles. The molecule has 29 heavy (non-hydrogen) atoms. The molecule has 2 N–H and O–H groups in total.